The van der Waals surface area contributed by atoms with E-state index in [4.69, 9.17) is 0 Å². The topological polar surface area (TPSA) is 0 Å². The van der Waals surface area contributed by atoms with Crippen LogP contribution in [0.15, 0.2) is 97.1 Å². The van der Waals surface area contributed by atoms with Crippen LogP contribution in [0.1, 0.15) is 23.7 Å². The molecule has 0 nitrogen and oxygen atoms in total. The third-order valence-electron chi connectivity index (χ3n) is 5.69. The summed E-state index contributed by atoms with van der Waals surface area (Å²) < 4.78 is 0. The standard InChI is InChI=1S/C28H28P.BrH.ClH/c1-21-5-13-25(14-6-21)29(26-15-7-22(2)8-16-26,27-17-9-23(3)10-18-27)28-19-11-24(4)12-20-28;;/h5-20H,1-4H3;2*1H/q+1;;/p-1. The van der Waals surface area contributed by atoms with Gasteiger partial charge in [-0.3, -0.25) is 0 Å². The van der Waals surface area contributed by atoms with E-state index in [0.717, 1.165) is 0 Å². The predicted molar refractivity (Wildman–Crippen MR) is 131 cm³/mol. The summed E-state index contributed by atoms with van der Waals surface area (Å²) in [5, 5.41) is 5.61. The van der Waals surface area contributed by atoms with E-state index < -0.39 is 7.26 Å². The molecule has 0 saturated heterocycles. The van der Waals surface area contributed by atoms with Crippen LogP contribution in [0.25, 0.3) is 0 Å². The Labute approximate surface area is 205 Å². The molecule has 0 bridgehead atoms. The zero-order valence-electron chi connectivity index (χ0n) is 19.4. The number of benzene rings is 4. The van der Waals surface area contributed by atoms with E-state index in [2.05, 4.69) is 125 Å². The van der Waals surface area contributed by atoms with Crippen molar-refractivity contribution in [3.63, 3.8) is 0 Å². The first kappa shape index (κ1) is 25.3. The molecule has 0 heterocycles. The Kier molecular flexibility index (Phi) is 8.66. The van der Waals surface area contributed by atoms with Gasteiger partial charge in [0.1, 0.15) is 28.5 Å². The summed E-state index contributed by atoms with van der Waals surface area (Å²) in [4.78, 5) is 0. The van der Waals surface area contributed by atoms with Gasteiger partial charge in [-0.15, -0.1) is 0 Å². The van der Waals surface area contributed by atoms with E-state index in [1.807, 2.05) is 0 Å². The number of hydrogen-bond donors (Lipinski definition) is 0. The van der Waals surface area contributed by atoms with Gasteiger partial charge in [0.15, 0.2) is 0 Å². The Balaban J connectivity index is 0.00000171. The van der Waals surface area contributed by atoms with Gasteiger partial charge in [-0.25, -0.2) is 0 Å². The van der Waals surface area contributed by atoms with Crippen molar-refractivity contribution in [2.45, 2.75) is 27.7 Å². The van der Waals surface area contributed by atoms with Gasteiger partial charge in [0.25, 0.3) is 0 Å². The predicted octanol–water partition coefficient (Wildman–Crippen LogP) is -0.340. The van der Waals surface area contributed by atoms with Crippen LogP contribution in [0.5, 0.6) is 0 Å². The van der Waals surface area contributed by atoms with E-state index in [9.17, 15) is 0 Å². The molecule has 4 rings (SSSR count). The molecular formula is C28H29BrClP. The summed E-state index contributed by atoms with van der Waals surface area (Å²) in [6.45, 7) is 8.64. The first-order valence-corrected chi connectivity index (χ1v) is 12.0. The number of rotatable bonds is 4. The first-order valence-electron chi connectivity index (χ1n) is 10.2. The fourth-order valence-electron chi connectivity index (χ4n) is 3.97. The average molecular weight is 512 g/mol. The normalized spacial score (nSPS) is 10.7. The van der Waals surface area contributed by atoms with Gasteiger partial charge in [0.2, 0.25) is 0 Å². The van der Waals surface area contributed by atoms with Gasteiger partial charge < -0.3 is 29.4 Å². The number of aryl methyl sites for hydroxylation is 4. The van der Waals surface area contributed by atoms with E-state index in [-0.39, 0.29) is 30.8 Å². The quantitative estimate of drug-likeness (QED) is 0.329. The second-order valence-corrected chi connectivity index (χ2v) is 11.4. The molecule has 0 aliphatic heterocycles. The molecule has 0 amide bonds. The lowest BCUT2D eigenvalue weighted by atomic mass is 10.2. The summed E-state index contributed by atoms with van der Waals surface area (Å²) in [6.07, 6.45) is 0. The van der Waals surface area contributed by atoms with Crippen LogP contribution in [0, 0.1) is 27.7 Å². The molecule has 0 N–H and O–H groups in total. The molecule has 0 atom stereocenters. The van der Waals surface area contributed by atoms with Gasteiger partial charge in [-0.1, -0.05) is 70.8 Å². The molecule has 0 aliphatic carbocycles. The van der Waals surface area contributed by atoms with Crippen molar-refractivity contribution < 1.29 is 30.8 Å². The molecule has 0 fully saturated rings. The monoisotopic (exact) mass is 510 g/mol. The van der Waals surface area contributed by atoms with Crippen molar-refractivity contribution in [1.82, 2.24) is 0 Å². The molecule has 4 aromatic carbocycles. The van der Waals surface area contributed by atoms with E-state index in [0.29, 0.717) is 0 Å². The van der Waals surface area contributed by atoms with E-state index in [1.54, 1.807) is 0 Å². The van der Waals surface area contributed by atoms with Gasteiger partial charge in [-0.2, -0.15) is 0 Å². The molecule has 4 aromatic rings. The van der Waals surface area contributed by atoms with Crippen molar-refractivity contribution in [3.05, 3.63) is 119 Å². The van der Waals surface area contributed by atoms with Crippen LogP contribution in [-0.2, 0) is 0 Å². The largest absolute Gasteiger partial charge is 1.00 e. The lowest BCUT2D eigenvalue weighted by Gasteiger charge is -2.28. The van der Waals surface area contributed by atoms with Gasteiger partial charge in [0.05, 0.1) is 0 Å². The highest BCUT2D eigenvalue weighted by Gasteiger charge is 2.47. The second kappa shape index (κ2) is 10.6. The SMILES string of the molecule is Cc1ccc([P+](c2ccc(C)cc2)(c2ccc(C)cc2)c2ccc(C)cc2)cc1.[Br-].[Cl-].[H+]. The third kappa shape index (κ3) is 4.96. The highest BCUT2D eigenvalue weighted by atomic mass is 79.9. The highest BCUT2D eigenvalue weighted by molar-refractivity contribution is 8.01. The molecule has 0 aromatic heterocycles. The van der Waals surface area contributed by atoms with E-state index >= 15 is 0 Å². The van der Waals surface area contributed by atoms with Crippen LogP contribution < -0.4 is 50.6 Å². The lowest BCUT2D eigenvalue weighted by Crippen LogP contribution is -3.00. The van der Waals surface area contributed by atoms with E-state index in [1.165, 1.54) is 43.5 Å². The Morgan fingerprint density at radius 2 is 0.548 bits per heavy atom. The van der Waals surface area contributed by atoms with Crippen molar-refractivity contribution >= 4 is 28.5 Å². The first-order chi connectivity index (χ1) is 14.0. The van der Waals surface area contributed by atoms with Crippen molar-refractivity contribution in [2.24, 2.45) is 0 Å². The summed E-state index contributed by atoms with van der Waals surface area (Å²) >= 11 is 0. The minimum Gasteiger partial charge on any atom is -1.00 e. The fourth-order valence-corrected chi connectivity index (χ4v) is 8.14. The van der Waals surface area contributed by atoms with Crippen LogP contribution in [-0.4, -0.2) is 0 Å². The van der Waals surface area contributed by atoms with Crippen LogP contribution in [0.3, 0.4) is 0 Å². The van der Waals surface area contributed by atoms with Crippen molar-refractivity contribution in [1.29, 1.82) is 0 Å². The molecule has 31 heavy (non-hydrogen) atoms. The van der Waals surface area contributed by atoms with Gasteiger partial charge in [-0.05, 0) is 76.2 Å². The molecule has 3 heteroatoms. The fraction of sp³-hybridized carbons (Fsp3) is 0.143. The zero-order chi connectivity index (χ0) is 20.4. The minimum atomic E-state index is -1.98. The Bertz CT molecular complexity index is 919. The average Bonchev–Trinajstić information content (AvgIpc) is 2.73. The Morgan fingerprint density at radius 1 is 0.387 bits per heavy atom. The molecule has 0 unspecified atom stereocenters. The van der Waals surface area contributed by atoms with Crippen LogP contribution in [0.2, 0.25) is 0 Å². The molecule has 160 valence electrons. The van der Waals surface area contributed by atoms with Gasteiger partial charge in [0, 0.05) is 0 Å². The molecule has 0 spiro atoms. The molecule has 0 radical (unpaired) electrons. The maximum Gasteiger partial charge on any atom is 1.00 e. The summed E-state index contributed by atoms with van der Waals surface area (Å²) in [7, 11) is -1.98. The smallest absolute Gasteiger partial charge is 1.00 e. The Morgan fingerprint density at radius 3 is 0.710 bits per heavy atom. The third-order valence-corrected chi connectivity index (χ3v) is 9.98. The van der Waals surface area contributed by atoms with Crippen LogP contribution >= 0.6 is 7.26 Å². The summed E-state index contributed by atoms with van der Waals surface area (Å²) in [5.74, 6) is 0. The lowest BCUT2D eigenvalue weighted by molar-refractivity contribution is -0.001000. The highest BCUT2D eigenvalue weighted by Crippen LogP contribution is 2.54. The minimum absolute atomic E-state index is 0. The number of hydrogen-bond acceptors (Lipinski definition) is 0. The second-order valence-electron chi connectivity index (χ2n) is 8.01. The molecule has 0 saturated carbocycles. The Hall–Kier alpha value is -1.92. The maximum absolute atomic E-state index is 2.34. The summed E-state index contributed by atoms with van der Waals surface area (Å²) in [5.41, 5.74) is 5.18. The van der Waals surface area contributed by atoms with Crippen LogP contribution in [0.4, 0.5) is 0 Å². The summed E-state index contributed by atoms with van der Waals surface area (Å²) in [6, 6.07) is 36.7. The van der Waals surface area contributed by atoms with Gasteiger partial charge >= 0.3 is 1.43 Å². The zero-order valence-corrected chi connectivity index (χ0v) is 21.7. The number of halogens is 2. The van der Waals surface area contributed by atoms with Crippen molar-refractivity contribution in [3.8, 4) is 0 Å². The van der Waals surface area contributed by atoms with Crippen molar-refractivity contribution in [2.75, 3.05) is 0 Å². The molecular weight excluding hydrogens is 483 g/mol. The maximum atomic E-state index is 2.34. The molecule has 0 aliphatic rings.